The molecule has 1 aromatic carbocycles. The summed E-state index contributed by atoms with van der Waals surface area (Å²) in [7, 11) is 0. The molecule has 0 spiro atoms. The number of hydrogen-bond acceptors (Lipinski definition) is 0. The first-order chi connectivity index (χ1) is 7.29. The zero-order valence-corrected chi connectivity index (χ0v) is 12.8. The minimum absolute atomic E-state index is 0.137. The summed E-state index contributed by atoms with van der Waals surface area (Å²) in [5.74, 6) is -1.36. The van der Waals surface area contributed by atoms with Gasteiger partial charge in [0.15, 0.2) is 11.6 Å². The predicted molar refractivity (Wildman–Crippen MR) is 69.9 cm³/mol. The molecule has 0 bridgehead atoms. The van der Waals surface area contributed by atoms with Crippen LogP contribution in [0.4, 0.5) is 8.78 Å². The lowest BCUT2D eigenvalue weighted by molar-refractivity contribution is 0.492. The van der Waals surface area contributed by atoms with E-state index < -0.39 is 11.6 Å². The zero-order chi connectivity index (χ0) is 12.6. The molecule has 0 aliphatic rings. The molecule has 0 atom stereocenters. The van der Waals surface area contributed by atoms with Crippen molar-refractivity contribution in [2.45, 2.75) is 39.5 Å². The Morgan fingerprint density at radius 1 is 0.750 bits per heavy atom. The van der Waals surface area contributed by atoms with Gasteiger partial charge in [-0.3, -0.25) is 0 Å². The summed E-state index contributed by atoms with van der Waals surface area (Å²) in [6, 6.07) is 0. The minimum Gasteiger partial charge on any atom is -0.202 e. The summed E-state index contributed by atoms with van der Waals surface area (Å²) in [5.41, 5.74) is 1.67. The van der Waals surface area contributed by atoms with Crippen LogP contribution in [0.15, 0.2) is 8.95 Å². The van der Waals surface area contributed by atoms with Gasteiger partial charge >= 0.3 is 0 Å². The number of benzene rings is 1. The third-order valence-corrected chi connectivity index (χ3v) is 4.05. The van der Waals surface area contributed by atoms with E-state index >= 15 is 0 Å². The van der Waals surface area contributed by atoms with E-state index in [9.17, 15) is 8.78 Å². The summed E-state index contributed by atoms with van der Waals surface area (Å²) < 4.78 is 27.7. The molecule has 1 aromatic rings. The Balaban J connectivity index is 3.69. The molecule has 0 heterocycles. The summed E-state index contributed by atoms with van der Waals surface area (Å²) in [6.07, 6.45) is 0. The number of rotatable bonds is 2. The van der Waals surface area contributed by atoms with Gasteiger partial charge in [-0.1, -0.05) is 27.7 Å². The van der Waals surface area contributed by atoms with Gasteiger partial charge in [-0.2, -0.15) is 0 Å². The van der Waals surface area contributed by atoms with Gasteiger partial charge in [-0.25, -0.2) is 8.78 Å². The molecule has 90 valence electrons. The third-order valence-electron chi connectivity index (χ3n) is 2.50. The maximum absolute atomic E-state index is 13.6. The van der Waals surface area contributed by atoms with Crippen LogP contribution in [0.3, 0.4) is 0 Å². The van der Waals surface area contributed by atoms with Gasteiger partial charge in [0.25, 0.3) is 0 Å². The van der Waals surface area contributed by atoms with E-state index in [-0.39, 0.29) is 20.8 Å². The van der Waals surface area contributed by atoms with Crippen molar-refractivity contribution in [1.29, 1.82) is 0 Å². The highest BCUT2D eigenvalue weighted by Crippen LogP contribution is 2.40. The molecule has 0 N–H and O–H groups in total. The van der Waals surface area contributed by atoms with Crippen LogP contribution in [0.5, 0.6) is 0 Å². The standard InChI is InChI=1S/C12H14Br2F2/c1-5(2)7-8(6(3)4)10(14)12(16)11(15)9(7)13/h5-6H,1-4H3. The quantitative estimate of drug-likeness (QED) is 0.469. The number of hydrogen-bond donors (Lipinski definition) is 0. The van der Waals surface area contributed by atoms with Gasteiger partial charge in [0.05, 0.1) is 8.95 Å². The van der Waals surface area contributed by atoms with Crippen LogP contribution < -0.4 is 0 Å². The summed E-state index contributed by atoms with van der Waals surface area (Å²) in [4.78, 5) is 0. The highest BCUT2D eigenvalue weighted by molar-refractivity contribution is 9.11. The van der Waals surface area contributed by atoms with Crippen molar-refractivity contribution in [2.75, 3.05) is 0 Å². The van der Waals surface area contributed by atoms with Crippen LogP contribution in [-0.2, 0) is 0 Å². The fourth-order valence-electron chi connectivity index (χ4n) is 1.79. The first-order valence-corrected chi connectivity index (χ1v) is 6.73. The Hall–Kier alpha value is 0.0400. The summed E-state index contributed by atoms with van der Waals surface area (Å²) >= 11 is 6.30. The fourth-order valence-corrected chi connectivity index (χ4v) is 3.49. The summed E-state index contributed by atoms with van der Waals surface area (Å²) in [5, 5.41) is 0. The van der Waals surface area contributed by atoms with Crippen LogP contribution in [0.1, 0.15) is 50.7 Å². The average Bonchev–Trinajstić information content (AvgIpc) is 2.18. The SMILES string of the molecule is CC(C)c1c(Br)c(F)c(F)c(Br)c1C(C)C. The van der Waals surface area contributed by atoms with E-state index in [1.807, 2.05) is 27.7 Å². The fraction of sp³-hybridized carbons (Fsp3) is 0.500. The third kappa shape index (κ3) is 2.33. The maximum Gasteiger partial charge on any atom is 0.174 e. The van der Waals surface area contributed by atoms with Crippen molar-refractivity contribution in [3.8, 4) is 0 Å². The van der Waals surface area contributed by atoms with E-state index in [4.69, 9.17) is 0 Å². The van der Waals surface area contributed by atoms with Crippen molar-refractivity contribution in [2.24, 2.45) is 0 Å². The molecule has 0 saturated heterocycles. The van der Waals surface area contributed by atoms with Crippen molar-refractivity contribution < 1.29 is 8.78 Å². The van der Waals surface area contributed by atoms with Crippen LogP contribution in [-0.4, -0.2) is 0 Å². The van der Waals surface area contributed by atoms with Gasteiger partial charge in [-0.15, -0.1) is 0 Å². The second kappa shape index (κ2) is 5.13. The van der Waals surface area contributed by atoms with Crippen LogP contribution in [0.2, 0.25) is 0 Å². The number of halogens is 4. The minimum atomic E-state index is -0.819. The molecule has 0 aliphatic carbocycles. The van der Waals surface area contributed by atoms with E-state index in [2.05, 4.69) is 31.9 Å². The second-order valence-electron chi connectivity index (χ2n) is 4.39. The molecule has 16 heavy (non-hydrogen) atoms. The van der Waals surface area contributed by atoms with Crippen LogP contribution in [0.25, 0.3) is 0 Å². The second-order valence-corrected chi connectivity index (χ2v) is 5.98. The van der Waals surface area contributed by atoms with Gasteiger partial charge in [0, 0.05) is 0 Å². The Kier molecular flexibility index (Phi) is 4.52. The summed E-state index contributed by atoms with van der Waals surface area (Å²) in [6.45, 7) is 7.87. The lowest BCUT2D eigenvalue weighted by Crippen LogP contribution is -2.06. The van der Waals surface area contributed by atoms with Crippen LogP contribution in [0, 0.1) is 11.6 Å². The van der Waals surface area contributed by atoms with E-state index in [1.165, 1.54) is 0 Å². The molecular formula is C12H14Br2F2. The largest absolute Gasteiger partial charge is 0.202 e. The molecule has 0 unspecified atom stereocenters. The Morgan fingerprint density at radius 3 is 1.19 bits per heavy atom. The molecule has 0 aromatic heterocycles. The van der Waals surface area contributed by atoms with Gasteiger partial charge in [0.2, 0.25) is 0 Å². The van der Waals surface area contributed by atoms with Crippen molar-refractivity contribution in [1.82, 2.24) is 0 Å². The maximum atomic E-state index is 13.6. The zero-order valence-electron chi connectivity index (χ0n) is 9.67. The molecule has 0 radical (unpaired) electrons. The Bertz CT molecular complexity index is 373. The highest BCUT2D eigenvalue weighted by atomic mass is 79.9. The van der Waals surface area contributed by atoms with E-state index in [0.29, 0.717) is 0 Å². The lowest BCUT2D eigenvalue weighted by atomic mass is 9.90. The van der Waals surface area contributed by atoms with Crippen molar-refractivity contribution in [3.63, 3.8) is 0 Å². The lowest BCUT2D eigenvalue weighted by Gasteiger charge is -2.20. The average molecular weight is 356 g/mol. The van der Waals surface area contributed by atoms with Crippen molar-refractivity contribution >= 4 is 31.9 Å². The molecule has 1 rings (SSSR count). The van der Waals surface area contributed by atoms with E-state index in [1.54, 1.807) is 0 Å². The molecular weight excluding hydrogens is 342 g/mol. The normalized spacial score (nSPS) is 11.6. The molecule has 0 nitrogen and oxygen atoms in total. The van der Waals surface area contributed by atoms with Crippen molar-refractivity contribution in [3.05, 3.63) is 31.7 Å². The monoisotopic (exact) mass is 354 g/mol. The molecule has 0 saturated carbocycles. The predicted octanol–water partition coefficient (Wildman–Crippen LogP) is 5.74. The molecule has 4 heteroatoms. The topological polar surface area (TPSA) is 0 Å². The van der Waals surface area contributed by atoms with Gasteiger partial charge < -0.3 is 0 Å². The smallest absolute Gasteiger partial charge is 0.174 e. The van der Waals surface area contributed by atoms with E-state index in [0.717, 1.165) is 11.1 Å². The van der Waals surface area contributed by atoms with Gasteiger partial charge in [0.1, 0.15) is 0 Å². The Labute approximate surface area is 112 Å². The first-order valence-electron chi connectivity index (χ1n) is 5.14. The Morgan fingerprint density at radius 2 is 1.00 bits per heavy atom. The highest BCUT2D eigenvalue weighted by Gasteiger charge is 2.24. The van der Waals surface area contributed by atoms with Crippen LogP contribution >= 0.6 is 31.9 Å². The molecule has 0 amide bonds. The molecule has 0 fully saturated rings. The van der Waals surface area contributed by atoms with Gasteiger partial charge in [-0.05, 0) is 54.8 Å². The first kappa shape index (κ1) is 14.1. The molecule has 0 aliphatic heterocycles.